The van der Waals surface area contributed by atoms with E-state index in [1.54, 1.807) is 6.20 Å². The molecule has 2 aliphatic rings. The van der Waals surface area contributed by atoms with Crippen molar-refractivity contribution in [2.24, 2.45) is 4.99 Å². The van der Waals surface area contributed by atoms with Gasteiger partial charge in [-0.25, -0.2) is 9.97 Å². The van der Waals surface area contributed by atoms with Gasteiger partial charge in [0.25, 0.3) is 5.56 Å². The molecule has 0 radical (unpaired) electrons. The SMILES string of the molecule is O=c1[nH]c(C2=NCCCC2)nc2c1CN(Cc1cnco1)CC2. The van der Waals surface area contributed by atoms with Crippen molar-refractivity contribution in [2.45, 2.75) is 38.8 Å². The quantitative estimate of drug-likeness (QED) is 0.922. The number of rotatable bonds is 3. The molecule has 7 heteroatoms. The third-order valence-electron chi connectivity index (χ3n) is 4.41. The summed E-state index contributed by atoms with van der Waals surface area (Å²) in [5, 5.41) is 0. The van der Waals surface area contributed by atoms with Crippen molar-refractivity contribution in [3.05, 3.63) is 45.8 Å². The van der Waals surface area contributed by atoms with Crippen molar-refractivity contribution in [1.29, 1.82) is 0 Å². The number of H-pyrrole nitrogens is 1. The summed E-state index contributed by atoms with van der Waals surface area (Å²) in [4.78, 5) is 30.7. The van der Waals surface area contributed by atoms with Crippen molar-refractivity contribution >= 4 is 5.71 Å². The van der Waals surface area contributed by atoms with E-state index in [9.17, 15) is 4.79 Å². The number of nitrogens with zero attached hydrogens (tertiary/aromatic N) is 4. The number of hydrogen-bond acceptors (Lipinski definition) is 6. The zero-order valence-electron chi connectivity index (χ0n) is 12.9. The second-order valence-electron chi connectivity index (χ2n) is 6.05. The van der Waals surface area contributed by atoms with Crippen LogP contribution in [0.15, 0.2) is 26.8 Å². The molecule has 0 fully saturated rings. The Morgan fingerprint density at radius 1 is 1.30 bits per heavy atom. The molecule has 0 unspecified atom stereocenters. The molecule has 23 heavy (non-hydrogen) atoms. The van der Waals surface area contributed by atoms with Crippen molar-refractivity contribution in [2.75, 3.05) is 13.1 Å². The number of aromatic amines is 1. The predicted molar refractivity (Wildman–Crippen MR) is 84.4 cm³/mol. The Kier molecular flexibility index (Phi) is 3.78. The minimum absolute atomic E-state index is 0.0412. The third-order valence-corrected chi connectivity index (χ3v) is 4.41. The number of fused-ring (bicyclic) bond motifs is 1. The molecule has 2 aromatic rings. The maximum atomic E-state index is 12.5. The first-order chi connectivity index (χ1) is 11.3. The summed E-state index contributed by atoms with van der Waals surface area (Å²) in [7, 11) is 0. The van der Waals surface area contributed by atoms with E-state index in [1.165, 1.54) is 6.39 Å². The number of aromatic nitrogens is 3. The highest BCUT2D eigenvalue weighted by molar-refractivity contribution is 5.97. The van der Waals surface area contributed by atoms with E-state index in [-0.39, 0.29) is 5.56 Å². The second kappa shape index (κ2) is 6.08. The molecule has 0 saturated heterocycles. The molecule has 0 bridgehead atoms. The Balaban J connectivity index is 1.58. The Morgan fingerprint density at radius 2 is 2.26 bits per heavy atom. The molecule has 4 heterocycles. The lowest BCUT2D eigenvalue weighted by atomic mass is 10.1. The molecular weight excluding hydrogens is 294 g/mol. The van der Waals surface area contributed by atoms with E-state index in [1.807, 2.05) is 0 Å². The lowest BCUT2D eigenvalue weighted by Crippen LogP contribution is -2.36. The Morgan fingerprint density at radius 3 is 3.04 bits per heavy atom. The van der Waals surface area contributed by atoms with Gasteiger partial charge in [-0.1, -0.05) is 0 Å². The van der Waals surface area contributed by atoms with Gasteiger partial charge in [-0.05, 0) is 19.3 Å². The smallest absolute Gasteiger partial charge is 0.255 e. The molecule has 2 aliphatic heterocycles. The van der Waals surface area contributed by atoms with E-state index in [2.05, 4.69) is 24.8 Å². The highest BCUT2D eigenvalue weighted by atomic mass is 16.3. The topological polar surface area (TPSA) is 87.4 Å². The van der Waals surface area contributed by atoms with Crippen LogP contribution in [-0.4, -0.2) is 38.7 Å². The van der Waals surface area contributed by atoms with Crippen LogP contribution in [0.1, 0.15) is 42.1 Å². The lowest BCUT2D eigenvalue weighted by Gasteiger charge is -2.26. The fourth-order valence-electron chi connectivity index (χ4n) is 3.18. The van der Waals surface area contributed by atoms with E-state index in [4.69, 9.17) is 4.42 Å². The second-order valence-corrected chi connectivity index (χ2v) is 6.05. The fourth-order valence-corrected chi connectivity index (χ4v) is 3.18. The molecule has 120 valence electrons. The zero-order chi connectivity index (χ0) is 15.6. The number of hydrogen-bond donors (Lipinski definition) is 1. The first-order valence-corrected chi connectivity index (χ1v) is 8.05. The van der Waals surface area contributed by atoms with Crippen LogP contribution in [-0.2, 0) is 19.5 Å². The maximum absolute atomic E-state index is 12.5. The molecule has 0 amide bonds. The zero-order valence-corrected chi connectivity index (χ0v) is 12.9. The van der Waals surface area contributed by atoms with E-state index >= 15 is 0 Å². The fraction of sp³-hybridized carbons (Fsp3) is 0.500. The van der Waals surface area contributed by atoms with Gasteiger partial charge in [0.05, 0.1) is 29.7 Å². The van der Waals surface area contributed by atoms with Crippen LogP contribution in [0.5, 0.6) is 0 Å². The standard InChI is InChI=1S/C16H19N5O2/c22-16-12-9-21(8-11-7-17-10-23-11)6-4-13(12)19-15(20-16)14-3-1-2-5-18-14/h7,10H,1-6,8-9H2,(H,19,20,22). The largest absolute Gasteiger partial charge is 0.447 e. The van der Waals surface area contributed by atoms with Crippen LogP contribution < -0.4 is 5.56 Å². The Hall–Kier alpha value is -2.28. The summed E-state index contributed by atoms with van der Waals surface area (Å²) in [6.07, 6.45) is 7.05. The van der Waals surface area contributed by atoms with Crippen LogP contribution in [0, 0.1) is 0 Å². The van der Waals surface area contributed by atoms with Crippen LogP contribution in [0.3, 0.4) is 0 Å². The molecule has 2 aromatic heterocycles. The summed E-state index contributed by atoms with van der Waals surface area (Å²) in [6.45, 7) is 2.94. The van der Waals surface area contributed by atoms with Gasteiger partial charge in [0.15, 0.2) is 12.2 Å². The van der Waals surface area contributed by atoms with Gasteiger partial charge in [0.1, 0.15) is 5.76 Å². The molecule has 0 aromatic carbocycles. The number of aliphatic imine (C=N–C) groups is 1. The molecule has 4 rings (SSSR count). The number of nitrogens with one attached hydrogen (secondary N) is 1. The first kappa shape index (κ1) is 14.3. The van der Waals surface area contributed by atoms with Gasteiger partial charge in [0, 0.05) is 26.1 Å². The Bertz CT molecular complexity index is 778. The molecule has 0 atom stereocenters. The summed E-state index contributed by atoms with van der Waals surface area (Å²) in [5.74, 6) is 1.48. The van der Waals surface area contributed by atoms with Gasteiger partial charge in [-0.15, -0.1) is 0 Å². The van der Waals surface area contributed by atoms with Crippen LogP contribution in [0.4, 0.5) is 0 Å². The Labute approximate surface area is 133 Å². The minimum atomic E-state index is -0.0412. The molecule has 1 N–H and O–H groups in total. The van der Waals surface area contributed by atoms with Gasteiger partial charge in [-0.3, -0.25) is 14.7 Å². The summed E-state index contributed by atoms with van der Waals surface area (Å²) >= 11 is 0. The van der Waals surface area contributed by atoms with E-state index in [0.29, 0.717) is 18.9 Å². The molecule has 7 nitrogen and oxygen atoms in total. The van der Waals surface area contributed by atoms with E-state index in [0.717, 1.165) is 61.5 Å². The average molecular weight is 313 g/mol. The normalized spacial score (nSPS) is 18.5. The maximum Gasteiger partial charge on any atom is 0.255 e. The monoisotopic (exact) mass is 313 g/mol. The summed E-state index contributed by atoms with van der Waals surface area (Å²) in [6, 6.07) is 0. The highest BCUT2D eigenvalue weighted by Crippen LogP contribution is 2.17. The summed E-state index contributed by atoms with van der Waals surface area (Å²) < 4.78 is 5.28. The van der Waals surface area contributed by atoms with Crippen molar-refractivity contribution in [1.82, 2.24) is 19.9 Å². The van der Waals surface area contributed by atoms with Crippen molar-refractivity contribution in [3.63, 3.8) is 0 Å². The van der Waals surface area contributed by atoms with Crippen molar-refractivity contribution in [3.8, 4) is 0 Å². The van der Waals surface area contributed by atoms with Crippen LogP contribution >= 0.6 is 0 Å². The van der Waals surface area contributed by atoms with Gasteiger partial charge in [-0.2, -0.15) is 0 Å². The van der Waals surface area contributed by atoms with Crippen LogP contribution in [0.25, 0.3) is 0 Å². The molecule has 0 spiro atoms. The van der Waals surface area contributed by atoms with Gasteiger partial charge < -0.3 is 9.40 Å². The summed E-state index contributed by atoms with van der Waals surface area (Å²) in [5.41, 5.74) is 2.57. The lowest BCUT2D eigenvalue weighted by molar-refractivity contribution is 0.222. The highest BCUT2D eigenvalue weighted by Gasteiger charge is 2.23. The molecule has 0 aliphatic carbocycles. The van der Waals surface area contributed by atoms with Crippen molar-refractivity contribution < 1.29 is 4.42 Å². The number of oxazole rings is 1. The first-order valence-electron chi connectivity index (χ1n) is 8.05. The van der Waals surface area contributed by atoms with Crippen LogP contribution in [0.2, 0.25) is 0 Å². The molecule has 0 saturated carbocycles. The molecular formula is C16H19N5O2. The van der Waals surface area contributed by atoms with Gasteiger partial charge in [0.2, 0.25) is 0 Å². The van der Waals surface area contributed by atoms with Gasteiger partial charge >= 0.3 is 0 Å². The predicted octanol–water partition coefficient (Wildman–Crippen LogP) is 1.29. The average Bonchev–Trinajstić information content (AvgIpc) is 3.09. The minimum Gasteiger partial charge on any atom is -0.447 e. The van der Waals surface area contributed by atoms with E-state index < -0.39 is 0 Å². The third kappa shape index (κ3) is 2.96.